The van der Waals surface area contributed by atoms with Crippen molar-refractivity contribution in [3.8, 4) is 0 Å². The lowest BCUT2D eigenvalue weighted by Gasteiger charge is -2.05. The molecule has 1 aromatic heterocycles. The van der Waals surface area contributed by atoms with Crippen LogP contribution in [0.2, 0.25) is 0 Å². The molecule has 0 saturated carbocycles. The highest BCUT2D eigenvalue weighted by atomic mass is 31.2. The second kappa shape index (κ2) is 5.14. The van der Waals surface area contributed by atoms with Crippen molar-refractivity contribution >= 4 is 7.67 Å². The molecule has 0 spiro atoms. The van der Waals surface area contributed by atoms with Gasteiger partial charge in [0, 0.05) is 0 Å². The van der Waals surface area contributed by atoms with Crippen LogP contribution in [-0.4, -0.2) is 4.57 Å². The number of rotatable bonds is 1. The lowest BCUT2D eigenvalue weighted by molar-refractivity contribution is -0.671. The first kappa shape index (κ1) is 12.3. The second-order valence-corrected chi connectivity index (χ2v) is 3.85. The molecule has 7 heteroatoms. The highest BCUT2D eigenvalue weighted by Gasteiger charge is 1.92. The topological polar surface area (TPSA) is 101 Å². The summed E-state index contributed by atoms with van der Waals surface area (Å²) < 4.78 is 13.4. The molecule has 13 heavy (non-hydrogen) atoms. The smallest absolute Gasteiger partial charge is 0.243 e. The maximum absolute atomic E-state index is 9.22. The molecule has 0 atom stereocenters. The summed E-state index contributed by atoms with van der Waals surface area (Å²) >= 11 is 0. The van der Waals surface area contributed by atoms with Gasteiger partial charge in [0.2, 0.25) is 6.33 Å². The fraction of sp³-hybridized carbons (Fsp3) is 0.500. The van der Waals surface area contributed by atoms with Crippen LogP contribution in [-0.2, 0) is 18.2 Å². The molecular formula is C6H15N4O2P. The lowest BCUT2D eigenvalue weighted by atomic mass is 10.7. The zero-order valence-corrected chi connectivity index (χ0v) is 8.65. The van der Waals surface area contributed by atoms with Crippen LogP contribution in [0.25, 0.3) is 0 Å². The minimum atomic E-state index is -3.89. The van der Waals surface area contributed by atoms with Crippen molar-refractivity contribution in [2.75, 3.05) is 0 Å². The van der Waals surface area contributed by atoms with Gasteiger partial charge in [-0.3, -0.25) is 11.0 Å². The van der Waals surface area contributed by atoms with E-state index in [2.05, 4.69) is 35.0 Å². The van der Waals surface area contributed by atoms with E-state index in [1.165, 1.54) is 0 Å². The maximum atomic E-state index is 9.22. The Kier molecular flexibility index (Phi) is 4.87. The predicted molar refractivity (Wildman–Crippen MR) is 47.3 cm³/mol. The highest BCUT2D eigenvalue weighted by molar-refractivity contribution is 7.51. The summed E-state index contributed by atoms with van der Waals surface area (Å²) in [4.78, 5) is 9.22. The molecule has 76 valence electrons. The first-order valence-corrected chi connectivity index (χ1v) is 5.48. The summed E-state index contributed by atoms with van der Waals surface area (Å²) in [5, 5.41) is 0. The summed E-state index contributed by atoms with van der Waals surface area (Å²) in [6.45, 7) is 3.18. The Morgan fingerprint density at radius 2 is 2.08 bits per heavy atom. The van der Waals surface area contributed by atoms with Gasteiger partial charge in [-0.15, -0.1) is 0 Å². The Hall–Kier alpha value is -0.680. The lowest BCUT2D eigenvalue weighted by Crippen LogP contribution is -2.23. The summed E-state index contributed by atoms with van der Waals surface area (Å²) in [6, 6.07) is 0. The van der Waals surface area contributed by atoms with Gasteiger partial charge in [-0.05, 0) is 6.92 Å². The van der Waals surface area contributed by atoms with Crippen LogP contribution < -0.4 is 20.5 Å². The van der Waals surface area contributed by atoms with Crippen LogP contribution in [0.5, 0.6) is 0 Å². The number of hydrogen-bond acceptors (Lipinski definition) is 2. The maximum Gasteiger partial charge on any atom is 0.243 e. The van der Waals surface area contributed by atoms with Gasteiger partial charge in [-0.2, -0.15) is 0 Å². The quantitative estimate of drug-likeness (QED) is 0.440. The van der Waals surface area contributed by atoms with E-state index < -0.39 is 7.67 Å². The Morgan fingerprint density at radius 3 is 2.23 bits per heavy atom. The number of hydrogen-bond donors (Lipinski definition) is 2. The van der Waals surface area contributed by atoms with E-state index in [4.69, 9.17) is 0 Å². The van der Waals surface area contributed by atoms with Gasteiger partial charge in [0.25, 0.3) is 0 Å². The fourth-order valence-electron chi connectivity index (χ4n) is 0.689. The highest BCUT2D eigenvalue weighted by Crippen LogP contribution is 2.05. The molecule has 1 heterocycles. The fourth-order valence-corrected chi connectivity index (χ4v) is 0.689. The third kappa shape index (κ3) is 9.23. The standard InChI is InChI=1S/C6H11N2.H5N2O2P/c1-3-8-5-4-7(2)6-8;1-5(2,3)4/h4-6H,3H2,1-2H3;(H5,1,2,3,4)/q+1;/p-1. The summed E-state index contributed by atoms with van der Waals surface area (Å²) in [5.41, 5.74) is 8.26. The number of nitrogens with zero attached hydrogens (tertiary/aromatic N) is 2. The molecule has 0 fully saturated rings. The summed E-state index contributed by atoms with van der Waals surface area (Å²) in [7, 11) is -1.87. The molecule has 0 unspecified atom stereocenters. The first-order valence-electron chi connectivity index (χ1n) is 3.72. The van der Waals surface area contributed by atoms with Gasteiger partial charge in [0.15, 0.2) is 0 Å². The molecule has 1 aromatic rings. The van der Waals surface area contributed by atoms with E-state index in [1.807, 2.05) is 17.8 Å². The molecule has 1 rings (SSSR count). The third-order valence-electron chi connectivity index (χ3n) is 1.19. The SMILES string of the molecule is CCn1cc[n+](C)c1.NP(N)(=O)[O-]. The molecule has 0 radical (unpaired) electrons. The molecule has 0 aromatic carbocycles. The monoisotopic (exact) mass is 206 g/mol. The van der Waals surface area contributed by atoms with Crippen molar-refractivity contribution in [1.29, 1.82) is 0 Å². The van der Waals surface area contributed by atoms with E-state index >= 15 is 0 Å². The Morgan fingerprint density at radius 1 is 1.62 bits per heavy atom. The number of aromatic nitrogens is 2. The molecule has 6 nitrogen and oxygen atoms in total. The number of nitrogens with two attached hydrogens (primary N) is 2. The normalized spacial score (nSPS) is 10.5. The average Bonchev–Trinajstić information content (AvgIpc) is 2.31. The minimum Gasteiger partial charge on any atom is -0.776 e. The van der Waals surface area contributed by atoms with Gasteiger partial charge < -0.3 is 9.46 Å². The average molecular weight is 206 g/mol. The molecule has 4 N–H and O–H groups in total. The third-order valence-corrected chi connectivity index (χ3v) is 1.19. The Balaban J connectivity index is 0.000000252. The Bertz CT molecular complexity index is 284. The van der Waals surface area contributed by atoms with Crippen LogP contribution in [0.3, 0.4) is 0 Å². The molecule has 0 bridgehead atoms. The van der Waals surface area contributed by atoms with Gasteiger partial charge >= 0.3 is 0 Å². The van der Waals surface area contributed by atoms with Gasteiger partial charge in [-0.25, -0.2) is 9.13 Å². The number of aryl methyl sites for hydroxylation is 2. The zero-order valence-electron chi connectivity index (χ0n) is 7.75. The number of imidazole rings is 1. The molecule has 0 aliphatic rings. The van der Waals surface area contributed by atoms with Crippen molar-refractivity contribution in [3.05, 3.63) is 18.7 Å². The van der Waals surface area contributed by atoms with Gasteiger partial charge in [0.1, 0.15) is 20.1 Å². The molecular weight excluding hydrogens is 191 g/mol. The van der Waals surface area contributed by atoms with E-state index in [-0.39, 0.29) is 0 Å². The van der Waals surface area contributed by atoms with Gasteiger partial charge in [-0.1, -0.05) is 0 Å². The van der Waals surface area contributed by atoms with Crippen LogP contribution >= 0.6 is 7.67 Å². The molecule has 0 saturated heterocycles. The van der Waals surface area contributed by atoms with Crippen molar-refractivity contribution in [3.63, 3.8) is 0 Å². The van der Waals surface area contributed by atoms with E-state index in [0.29, 0.717) is 0 Å². The second-order valence-electron chi connectivity index (χ2n) is 2.55. The van der Waals surface area contributed by atoms with Crippen LogP contribution in [0, 0.1) is 0 Å². The van der Waals surface area contributed by atoms with Crippen molar-refractivity contribution in [2.24, 2.45) is 18.1 Å². The van der Waals surface area contributed by atoms with E-state index in [1.54, 1.807) is 0 Å². The molecule has 0 aliphatic heterocycles. The first-order chi connectivity index (χ1) is 5.83. The van der Waals surface area contributed by atoms with Crippen molar-refractivity contribution in [1.82, 2.24) is 4.57 Å². The molecule has 0 amide bonds. The van der Waals surface area contributed by atoms with Crippen molar-refractivity contribution < 1.29 is 14.0 Å². The van der Waals surface area contributed by atoms with E-state index in [9.17, 15) is 9.46 Å². The molecule has 0 aliphatic carbocycles. The van der Waals surface area contributed by atoms with Crippen LogP contribution in [0.4, 0.5) is 0 Å². The summed E-state index contributed by atoms with van der Waals surface area (Å²) in [5.74, 6) is 0. The predicted octanol–water partition coefficient (Wildman–Crippen LogP) is -1.30. The van der Waals surface area contributed by atoms with Gasteiger partial charge in [0.05, 0.1) is 13.6 Å². The minimum absolute atomic E-state index is 1.06. The zero-order chi connectivity index (χ0) is 10.5. The van der Waals surface area contributed by atoms with Crippen LogP contribution in [0.1, 0.15) is 6.92 Å². The van der Waals surface area contributed by atoms with Crippen LogP contribution in [0.15, 0.2) is 18.7 Å². The van der Waals surface area contributed by atoms with Crippen molar-refractivity contribution in [2.45, 2.75) is 13.5 Å². The van der Waals surface area contributed by atoms with E-state index in [0.717, 1.165) is 6.54 Å². The largest absolute Gasteiger partial charge is 0.776 e. The Labute approximate surface area is 77.3 Å². The summed E-state index contributed by atoms with van der Waals surface area (Å²) in [6.07, 6.45) is 6.14.